The molecular formula is C17H26O3. The van der Waals surface area contributed by atoms with Crippen LogP contribution < -0.4 is 0 Å². The van der Waals surface area contributed by atoms with Gasteiger partial charge in [0, 0.05) is 5.57 Å². The highest BCUT2D eigenvalue weighted by atomic mass is 16.5. The molecule has 0 aromatic heterocycles. The largest absolute Gasteiger partial charge is 0.459 e. The molecule has 1 N–H and O–H groups in total. The van der Waals surface area contributed by atoms with Gasteiger partial charge in [0.25, 0.3) is 0 Å². The number of ether oxygens (including phenoxy) is 1. The molecule has 4 aliphatic rings. The van der Waals surface area contributed by atoms with E-state index in [4.69, 9.17) is 4.74 Å². The minimum Gasteiger partial charge on any atom is -0.459 e. The van der Waals surface area contributed by atoms with Crippen molar-refractivity contribution in [3.05, 3.63) is 12.2 Å². The molecule has 4 aliphatic carbocycles. The van der Waals surface area contributed by atoms with E-state index in [9.17, 15) is 9.90 Å². The van der Waals surface area contributed by atoms with E-state index >= 15 is 0 Å². The second-order valence-electron chi connectivity index (χ2n) is 7.67. The van der Waals surface area contributed by atoms with Crippen LogP contribution in [0.15, 0.2) is 12.2 Å². The SMILES string of the molecule is C=C(C)C(=O)OCC(C)(O)C1C2CC3CC(C2)CC1C3. The standard InChI is InChI=1S/C17H26O3/c1-10(2)16(18)20-9-17(3,19)15-13-5-11-4-12(7-13)8-14(15)6-11/h11-15,19H,1,4-9H2,2-3H3. The fraction of sp³-hybridized carbons (Fsp3) is 0.824. The molecular weight excluding hydrogens is 252 g/mol. The number of carbonyl (C=O) groups is 1. The van der Waals surface area contributed by atoms with Crippen molar-refractivity contribution >= 4 is 5.97 Å². The van der Waals surface area contributed by atoms with E-state index in [1.54, 1.807) is 6.92 Å². The molecule has 4 rings (SSSR count). The van der Waals surface area contributed by atoms with Crippen LogP contribution in [0.5, 0.6) is 0 Å². The van der Waals surface area contributed by atoms with Crippen LogP contribution in [0.25, 0.3) is 0 Å². The van der Waals surface area contributed by atoms with Crippen LogP contribution in [0.3, 0.4) is 0 Å². The molecule has 112 valence electrons. The molecule has 1 unspecified atom stereocenters. The average Bonchev–Trinajstić information content (AvgIpc) is 2.34. The van der Waals surface area contributed by atoms with Gasteiger partial charge in [-0.25, -0.2) is 4.79 Å². The Hall–Kier alpha value is -0.830. The molecule has 0 aromatic carbocycles. The minimum atomic E-state index is -0.895. The first-order valence-corrected chi connectivity index (χ1v) is 7.92. The molecule has 4 fully saturated rings. The van der Waals surface area contributed by atoms with Gasteiger partial charge in [-0.3, -0.25) is 0 Å². The first kappa shape index (κ1) is 14.1. The van der Waals surface area contributed by atoms with Crippen molar-refractivity contribution in [2.75, 3.05) is 6.61 Å². The average molecular weight is 278 g/mol. The van der Waals surface area contributed by atoms with Gasteiger partial charge in [-0.1, -0.05) is 6.58 Å². The van der Waals surface area contributed by atoms with E-state index < -0.39 is 11.6 Å². The Balaban J connectivity index is 1.68. The maximum atomic E-state index is 11.5. The highest BCUT2D eigenvalue weighted by molar-refractivity contribution is 5.86. The van der Waals surface area contributed by atoms with E-state index in [1.165, 1.54) is 32.1 Å². The summed E-state index contributed by atoms with van der Waals surface area (Å²) in [5.74, 6) is 2.95. The number of aliphatic hydroxyl groups is 1. The van der Waals surface area contributed by atoms with Crippen LogP contribution in [0.4, 0.5) is 0 Å². The monoisotopic (exact) mass is 278 g/mol. The lowest BCUT2D eigenvalue weighted by molar-refractivity contribution is -0.171. The van der Waals surface area contributed by atoms with Gasteiger partial charge < -0.3 is 9.84 Å². The zero-order chi connectivity index (χ0) is 14.5. The molecule has 4 saturated carbocycles. The van der Waals surface area contributed by atoms with Gasteiger partial charge >= 0.3 is 5.97 Å². The molecule has 3 heteroatoms. The molecule has 20 heavy (non-hydrogen) atoms. The van der Waals surface area contributed by atoms with Crippen molar-refractivity contribution in [2.45, 2.75) is 51.6 Å². The predicted octanol–water partition coefficient (Wildman–Crippen LogP) is 2.93. The fourth-order valence-corrected chi connectivity index (χ4v) is 5.37. The summed E-state index contributed by atoms with van der Waals surface area (Å²) in [7, 11) is 0. The fourth-order valence-electron chi connectivity index (χ4n) is 5.37. The predicted molar refractivity (Wildman–Crippen MR) is 76.9 cm³/mol. The molecule has 0 aliphatic heterocycles. The van der Waals surface area contributed by atoms with Crippen LogP contribution >= 0.6 is 0 Å². The lowest BCUT2D eigenvalue weighted by Gasteiger charge is -2.57. The van der Waals surface area contributed by atoms with Crippen LogP contribution in [0.2, 0.25) is 0 Å². The van der Waals surface area contributed by atoms with Crippen molar-refractivity contribution in [2.24, 2.45) is 29.6 Å². The first-order valence-electron chi connectivity index (χ1n) is 7.92. The zero-order valence-corrected chi connectivity index (χ0v) is 12.6. The van der Waals surface area contributed by atoms with Gasteiger partial charge in [-0.05, 0) is 75.5 Å². The highest BCUT2D eigenvalue weighted by Gasteiger charge is 2.54. The Morgan fingerprint density at radius 2 is 1.70 bits per heavy atom. The zero-order valence-electron chi connectivity index (χ0n) is 12.6. The lowest BCUT2D eigenvalue weighted by atomic mass is 9.49. The third kappa shape index (κ3) is 2.41. The Labute approximate surface area is 121 Å². The van der Waals surface area contributed by atoms with Crippen molar-refractivity contribution < 1.29 is 14.6 Å². The van der Waals surface area contributed by atoms with Gasteiger partial charge in [-0.15, -0.1) is 0 Å². The van der Waals surface area contributed by atoms with Crippen molar-refractivity contribution in [1.29, 1.82) is 0 Å². The Morgan fingerprint density at radius 3 is 2.15 bits per heavy atom. The highest BCUT2D eigenvalue weighted by Crippen LogP contribution is 2.59. The molecule has 0 aromatic rings. The lowest BCUT2D eigenvalue weighted by Crippen LogP contribution is -2.55. The van der Waals surface area contributed by atoms with Crippen molar-refractivity contribution in [3.63, 3.8) is 0 Å². The molecule has 0 amide bonds. The van der Waals surface area contributed by atoms with E-state index in [0.29, 0.717) is 23.3 Å². The minimum absolute atomic E-state index is 0.103. The van der Waals surface area contributed by atoms with E-state index in [0.717, 1.165) is 11.8 Å². The summed E-state index contributed by atoms with van der Waals surface area (Å²) in [6.45, 7) is 7.18. The molecule has 0 heterocycles. The quantitative estimate of drug-likeness (QED) is 0.635. The molecule has 0 spiro atoms. The van der Waals surface area contributed by atoms with Crippen LogP contribution in [-0.4, -0.2) is 23.3 Å². The van der Waals surface area contributed by atoms with E-state index in [1.807, 2.05) is 6.92 Å². The van der Waals surface area contributed by atoms with Crippen LogP contribution in [0.1, 0.15) is 46.0 Å². The maximum Gasteiger partial charge on any atom is 0.333 e. The third-order valence-corrected chi connectivity index (χ3v) is 5.79. The summed E-state index contributed by atoms with van der Waals surface area (Å²) in [5, 5.41) is 10.9. The Kier molecular flexibility index (Phi) is 3.44. The Bertz CT molecular complexity index is 396. The number of esters is 1. The summed E-state index contributed by atoms with van der Waals surface area (Å²) in [4.78, 5) is 11.5. The normalized spacial score (nSPS) is 41.2. The first-order chi connectivity index (χ1) is 9.37. The summed E-state index contributed by atoms with van der Waals surface area (Å²) < 4.78 is 5.24. The Morgan fingerprint density at radius 1 is 1.20 bits per heavy atom. The summed E-state index contributed by atoms with van der Waals surface area (Å²) in [5.41, 5.74) is -0.501. The molecule has 4 bridgehead atoms. The second kappa shape index (κ2) is 4.87. The summed E-state index contributed by atoms with van der Waals surface area (Å²) in [6, 6.07) is 0. The van der Waals surface area contributed by atoms with E-state index in [2.05, 4.69) is 6.58 Å². The number of hydrogen-bond acceptors (Lipinski definition) is 3. The van der Waals surface area contributed by atoms with Gasteiger partial charge in [0.1, 0.15) is 6.61 Å². The molecule has 3 nitrogen and oxygen atoms in total. The number of carbonyl (C=O) groups excluding carboxylic acids is 1. The third-order valence-electron chi connectivity index (χ3n) is 5.79. The van der Waals surface area contributed by atoms with Crippen LogP contribution in [0, 0.1) is 29.6 Å². The number of rotatable bonds is 4. The summed E-state index contributed by atoms with van der Waals surface area (Å²) >= 11 is 0. The second-order valence-corrected chi connectivity index (χ2v) is 7.67. The van der Waals surface area contributed by atoms with E-state index in [-0.39, 0.29) is 6.61 Å². The van der Waals surface area contributed by atoms with Crippen molar-refractivity contribution in [3.8, 4) is 0 Å². The molecule has 1 atom stereocenters. The molecule has 0 saturated heterocycles. The van der Waals surface area contributed by atoms with Gasteiger partial charge in [0.15, 0.2) is 0 Å². The van der Waals surface area contributed by atoms with Crippen molar-refractivity contribution in [1.82, 2.24) is 0 Å². The topological polar surface area (TPSA) is 46.5 Å². The summed E-state index contributed by atoms with van der Waals surface area (Å²) in [6.07, 6.45) is 6.47. The van der Waals surface area contributed by atoms with Gasteiger partial charge in [0.2, 0.25) is 0 Å². The smallest absolute Gasteiger partial charge is 0.333 e. The van der Waals surface area contributed by atoms with Crippen LogP contribution in [-0.2, 0) is 9.53 Å². The number of hydrogen-bond donors (Lipinski definition) is 1. The maximum absolute atomic E-state index is 11.5. The van der Waals surface area contributed by atoms with Gasteiger partial charge in [0.05, 0.1) is 5.60 Å². The van der Waals surface area contributed by atoms with Gasteiger partial charge in [-0.2, -0.15) is 0 Å². The molecule has 0 radical (unpaired) electrons.